The van der Waals surface area contributed by atoms with Crippen LogP contribution in [0.15, 0.2) is 48.5 Å². The highest BCUT2D eigenvalue weighted by Crippen LogP contribution is 2.26. The van der Waals surface area contributed by atoms with E-state index in [0.717, 1.165) is 43.3 Å². The summed E-state index contributed by atoms with van der Waals surface area (Å²) in [4.78, 5) is 2.52. The predicted molar refractivity (Wildman–Crippen MR) is 123 cm³/mol. The zero-order valence-corrected chi connectivity index (χ0v) is 19.1. The fourth-order valence-corrected chi connectivity index (χ4v) is 5.23. The van der Waals surface area contributed by atoms with E-state index in [2.05, 4.69) is 55.1 Å². The highest BCUT2D eigenvalue weighted by Gasteiger charge is 2.21. The van der Waals surface area contributed by atoms with Gasteiger partial charge in [-0.05, 0) is 73.8 Å². The minimum atomic E-state index is -3.04. The number of sulfone groups is 1. The molecule has 4 heteroatoms. The Balaban J connectivity index is 1.55. The van der Waals surface area contributed by atoms with Crippen molar-refractivity contribution < 1.29 is 8.42 Å². The van der Waals surface area contributed by atoms with Crippen LogP contribution in [0, 0.1) is 11.8 Å². The third kappa shape index (κ3) is 6.08. The normalized spacial score (nSPS) is 20.2. The average molecular weight is 414 g/mol. The summed E-state index contributed by atoms with van der Waals surface area (Å²) in [5.74, 6) is 1.65. The molecule has 3 nitrogen and oxygen atoms in total. The molecular weight excluding hydrogens is 378 g/mol. The fourth-order valence-electron chi connectivity index (χ4n) is 4.24. The average Bonchev–Trinajstić information content (AvgIpc) is 2.67. The standard InChI is InChI=1S/C25H35NO2S/c1-19(2)29(27,28)18-24-9-7-22(8-10-24)5-6-23-11-13-25(14-12-23)26-16-20(3)15-21(4)17-26/h7-14,19-21H,5-6,15-18H2,1-4H3/t20-,21+. The molecule has 0 aromatic heterocycles. The summed E-state index contributed by atoms with van der Waals surface area (Å²) in [6, 6.07) is 17.1. The number of anilines is 1. The topological polar surface area (TPSA) is 37.4 Å². The number of aryl methyl sites for hydroxylation is 2. The van der Waals surface area contributed by atoms with E-state index in [9.17, 15) is 8.42 Å². The second-order valence-corrected chi connectivity index (χ2v) is 11.7. The van der Waals surface area contributed by atoms with Gasteiger partial charge in [0.1, 0.15) is 0 Å². The van der Waals surface area contributed by atoms with Crippen molar-refractivity contribution in [1.29, 1.82) is 0 Å². The minimum Gasteiger partial charge on any atom is -0.371 e. The first-order valence-electron chi connectivity index (χ1n) is 10.9. The number of hydrogen-bond acceptors (Lipinski definition) is 3. The Labute approximate surface area is 177 Å². The van der Waals surface area contributed by atoms with E-state index in [1.54, 1.807) is 13.8 Å². The van der Waals surface area contributed by atoms with Crippen LogP contribution in [0.2, 0.25) is 0 Å². The first-order valence-corrected chi connectivity index (χ1v) is 12.6. The largest absolute Gasteiger partial charge is 0.371 e. The lowest BCUT2D eigenvalue weighted by Gasteiger charge is -2.36. The van der Waals surface area contributed by atoms with Crippen LogP contribution in [0.5, 0.6) is 0 Å². The molecule has 0 N–H and O–H groups in total. The Morgan fingerprint density at radius 2 is 1.28 bits per heavy atom. The summed E-state index contributed by atoms with van der Waals surface area (Å²) in [5.41, 5.74) is 4.80. The molecule has 29 heavy (non-hydrogen) atoms. The Morgan fingerprint density at radius 3 is 1.76 bits per heavy atom. The molecule has 2 atom stereocenters. The summed E-state index contributed by atoms with van der Waals surface area (Å²) < 4.78 is 24.1. The Hall–Kier alpha value is -1.81. The first-order chi connectivity index (χ1) is 13.7. The molecule has 0 bridgehead atoms. The molecule has 1 aliphatic heterocycles. The molecule has 3 rings (SSSR count). The zero-order valence-electron chi connectivity index (χ0n) is 18.3. The summed E-state index contributed by atoms with van der Waals surface area (Å²) in [6.45, 7) is 10.5. The van der Waals surface area contributed by atoms with Crippen molar-refractivity contribution in [3.8, 4) is 0 Å². The smallest absolute Gasteiger partial charge is 0.156 e. The van der Waals surface area contributed by atoms with Gasteiger partial charge in [-0.15, -0.1) is 0 Å². The molecule has 1 fully saturated rings. The molecule has 0 spiro atoms. The lowest BCUT2D eigenvalue weighted by molar-refractivity contribution is 0.357. The van der Waals surface area contributed by atoms with Gasteiger partial charge >= 0.3 is 0 Å². The maximum atomic E-state index is 12.1. The lowest BCUT2D eigenvalue weighted by Crippen LogP contribution is -2.38. The van der Waals surface area contributed by atoms with Gasteiger partial charge in [0.15, 0.2) is 9.84 Å². The van der Waals surface area contributed by atoms with Crippen molar-refractivity contribution in [2.45, 2.75) is 58.0 Å². The molecule has 1 heterocycles. The maximum absolute atomic E-state index is 12.1. The summed E-state index contributed by atoms with van der Waals surface area (Å²) in [5, 5.41) is -0.332. The zero-order chi connectivity index (χ0) is 21.0. The Morgan fingerprint density at radius 1 is 0.828 bits per heavy atom. The maximum Gasteiger partial charge on any atom is 0.156 e. The Kier molecular flexibility index (Phi) is 7.05. The predicted octanol–water partition coefficient (Wildman–Crippen LogP) is 5.28. The molecule has 2 aromatic carbocycles. The van der Waals surface area contributed by atoms with Crippen LogP contribution < -0.4 is 4.90 Å². The van der Waals surface area contributed by atoms with E-state index >= 15 is 0 Å². The van der Waals surface area contributed by atoms with E-state index in [1.807, 2.05) is 12.1 Å². The van der Waals surface area contributed by atoms with Crippen LogP contribution in [0.4, 0.5) is 5.69 Å². The van der Waals surface area contributed by atoms with Gasteiger partial charge in [0.05, 0.1) is 11.0 Å². The van der Waals surface area contributed by atoms with Gasteiger partial charge in [-0.1, -0.05) is 50.2 Å². The number of nitrogens with zero attached hydrogens (tertiary/aromatic N) is 1. The van der Waals surface area contributed by atoms with Gasteiger partial charge in [-0.2, -0.15) is 0 Å². The van der Waals surface area contributed by atoms with Crippen molar-refractivity contribution in [3.63, 3.8) is 0 Å². The van der Waals surface area contributed by atoms with Crippen LogP contribution in [0.25, 0.3) is 0 Å². The van der Waals surface area contributed by atoms with Crippen LogP contribution >= 0.6 is 0 Å². The molecule has 0 amide bonds. The van der Waals surface area contributed by atoms with Crippen molar-refractivity contribution >= 4 is 15.5 Å². The fraction of sp³-hybridized carbons (Fsp3) is 0.520. The molecule has 0 saturated carbocycles. The number of hydrogen-bond donors (Lipinski definition) is 0. The van der Waals surface area contributed by atoms with Crippen LogP contribution in [-0.4, -0.2) is 26.8 Å². The first kappa shape index (κ1) is 21.9. The molecule has 158 valence electrons. The van der Waals surface area contributed by atoms with E-state index in [-0.39, 0.29) is 11.0 Å². The molecular formula is C25H35NO2S. The van der Waals surface area contributed by atoms with E-state index < -0.39 is 9.84 Å². The monoisotopic (exact) mass is 413 g/mol. The van der Waals surface area contributed by atoms with Crippen molar-refractivity contribution in [1.82, 2.24) is 0 Å². The second-order valence-electron chi connectivity index (χ2n) is 9.19. The van der Waals surface area contributed by atoms with E-state index in [0.29, 0.717) is 0 Å². The quantitative estimate of drug-likeness (QED) is 0.620. The Bertz CT molecular complexity index is 875. The summed E-state index contributed by atoms with van der Waals surface area (Å²) in [6.07, 6.45) is 3.29. The summed E-state index contributed by atoms with van der Waals surface area (Å²) in [7, 11) is -3.04. The van der Waals surface area contributed by atoms with Gasteiger partial charge in [0.25, 0.3) is 0 Å². The van der Waals surface area contributed by atoms with Gasteiger partial charge in [0, 0.05) is 18.8 Å². The van der Waals surface area contributed by atoms with Crippen molar-refractivity contribution in [2.24, 2.45) is 11.8 Å². The van der Waals surface area contributed by atoms with Crippen molar-refractivity contribution in [2.75, 3.05) is 18.0 Å². The molecule has 2 aromatic rings. The third-order valence-corrected chi connectivity index (χ3v) is 8.15. The second kappa shape index (κ2) is 9.34. The number of benzene rings is 2. The van der Waals surface area contributed by atoms with E-state index in [1.165, 1.54) is 23.2 Å². The van der Waals surface area contributed by atoms with Gasteiger partial charge in [0.2, 0.25) is 0 Å². The van der Waals surface area contributed by atoms with Crippen LogP contribution in [0.1, 0.15) is 50.8 Å². The molecule has 0 radical (unpaired) electrons. The highest BCUT2D eigenvalue weighted by molar-refractivity contribution is 7.91. The number of piperidine rings is 1. The molecule has 0 aliphatic carbocycles. The minimum absolute atomic E-state index is 0.125. The van der Waals surface area contributed by atoms with Crippen LogP contribution in [-0.2, 0) is 28.4 Å². The third-order valence-electron chi connectivity index (χ3n) is 5.98. The molecule has 1 saturated heterocycles. The van der Waals surface area contributed by atoms with Gasteiger partial charge in [-0.25, -0.2) is 8.42 Å². The number of rotatable bonds is 7. The van der Waals surface area contributed by atoms with Gasteiger partial charge < -0.3 is 4.90 Å². The summed E-state index contributed by atoms with van der Waals surface area (Å²) >= 11 is 0. The molecule has 0 unspecified atom stereocenters. The molecule has 1 aliphatic rings. The highest BCUT2D eigenvalue weighted by atomic mass is 32.2. The lowest BCUT2D eigenvalue weighted by atomic mass is 9.91. The van der Waals surface area contributed by atoms with Crippen molar-refractivity contribution in [3.05, 3.63) is 65.2 Å². The van der Waals surface area contributed by atoms with E-state index in [4.69, 9.17) is 0 Å². The van der Waals surface area contributed by atoms with Gasteiger partial charge in [-0.3, -0.25) is 0 Å². The van der Waals surface area contributed by atoms with Crippen LogP contribution in [0.3, 0.4) is 0 Å². The SMILES string of the molecule is CC(C)S(=O)(=O)Cc1ccc(CCc2ccc(N3C[C@H](C)C[C@H](C)C3)cc2)cc1.